The molecule has 4 rings (SSSR count). The largest absolute Gasteiger partial charge is 0.440 e. The van der Waals surface area contributed by atoms with Gasteiger partial charge in [-0.05, 0) is 37.0 Å². The molecule has 1 N–H and O–H groups in total. The standard InChI is InChI=1S/C16H21N3O/c1-4-15-14(18-16(20-15)13-2-3-13)11-12(1)5-8-19-9-6-17-7-10-19/h1,4,11,13,17H,2-3,5-10H2. The number of nitrogens with one attached hydrogen (secondary N) is 1. The molecular formula is C16H21N3O. The van der Waals surface area contributed by atoms with E-state index in [1.165, 1.54) is 18.4 Å². The Balaban J connectivity index is 1.45. The summed E-state index contributed by atoms with van der Waals surface area (Å²) < 4.78 is 5.81. The van der Waals surface area contributed by atoms with Crippen LogP contribution in [0.4, 0.5) is 0 Å². The van der Waals surface area contributed by atoms with Gasteiger partial charge in [-0.3, -0.25) is 0 Å². The third-order valence-corrected chi connectivity index (χ3v) is 4.32. The van der Waals surface area contributed by atoms with Gasteiger partial charge in [-0.25, -0.2) is 4.98 Å². The van der Waals surface area contributed by atoms with Crippen LogP contribution in [0.3, 0.4) is 0 Å². The van der Waals surface area contributed by atoms with Crippen LogP contribution in [-0.4, -0.2) is 42.6 Å². The molecule has 106 valence electrons. The zero-order chi connectivity index (χ0) is 13.4. The monoisotopic (exact) mass is 271 g/mol. The first kappa shape index (κ1) is 12.4. The first-order chi connectivity index (χ1) is 9.88. The maximum absolute atomic E-state index is 5.81. The van der Waals surface area contributed by atoms with Crippen LogP contribution >= 0.6 is 0 Å². The predicted octanol–water partition coefficient (Wildman–Crippen LogP) is 2.15. The average molecular weight is 271 g/mol. The number of benzene rings is 1. The van der Waals surface area contributed by atoms with Crippen LogP contribution in [0.5, 0.6) is 0 Å². The van der Waals surface area contributed by atoms with Crippen molar-refractivity contribution in [2.75, 3.05) is 32.7 Å². The lowest BCUT2D eigenvalue weighted by Gasteiger charge is -2.27. The summed E-state index contributed by atoms with van der Waals surface area (Å²) in [6.07, 6.45) is 3.58. The molecule has 0 radical (unpaired) electrons. The maximum Gasteiger partial charge on any atom is 0.198 e. The van der Waals surface area contributed by atoms with Crippen molar-refractivity contribution in [2.45, 2.75) is 25.2 Å². The summed E-state index contributed by atoms with van der Waals surface area (Å²) in [5, 5.41) is 3.39. The molecule has 0 spiro atoms. The molecule has 2 heterocycles. The molecule has 4 nitrogen and oxygen atoms in total. The predicted molar refractivity (Wildman–Crippen MR) is 79.0 cm³/mol. The van der Waals surface area contributed by atoms with E-state index in [9.17, 15) is 0 Å². The van der Waals surface area contributed by atoms with E-state index in [0.717, 1.165) is 56.1 Å². The third-order valence-electron chi connectivity index (χ3n) is 4.32. The molecular weight excluding hydrogens is 250 g/mol. The molecule has 1 aliphatic heterocycles. The Morgan fingerprint density at radius 1 is 1.25 bits per heavy atom. The molecule has 0 unspecified atom stereocenters. The molecule has 1 aliphatic carbocycles. The molecule has 4 heteroatoms. The Morgan fingerprint density at radius 3 is 2.90 bits per heavy atom. The Bertz CT molecular complexity index is 597. The Hall–Kier alpha value is -1.39. The zero-order valence-electron chi connectivity index (χ0n) is 11.8. The minimum atomic E-state index is 0.590. The summed E-state index contributed by atoms with van der Waals surface area (Å²) in [6.45, 7) is 5.71. The minimum absolute atomic E-state index is 0.590. The maximum atomic E-state index is 5.81. The third kappa shape index (κ3) is 2.58. The van der Waals surface area contributed by atoms with Crippen LogP contribution in [0.15, 0.2) is 22.6 Å². The lowest BCUT2D eigenvalue weighted by molar-refractivity contribution is 0.244. The molecule has 0 atom stereocenters. The number of hydrogen-bond acceptors (Lipinski definition) is 4. The molecule has 1 aromatic heterocycles. The first-order valence-electron chi connectivity index (χ1n) is 7.71. The van der Waals surface area contributed by atoms with Gasteiger partial charge in [0.15, 0.2) is 11.5 Å². The second-order valence-corrected chi connectivity index (χ2v) is 5.97. The van der Waals surface area contributed by atoms with Crippen LogP contribution in [0, 0.1) is 0 Å². The van der Waals surface area contributed by atoms with Crippen molar-refractivity contribution in [3.8, 4) is 0 Å². The first-order valence-corrected chi connectivity index (χ1v) is 7.71. The molecule has 1 saturated carbocycles. The number of piperazine rings is 1. The van der Waals surface area contributed by atoms with Crippen LogP contribution in [0.2, 0.25) is 0 Å². The molecule has 0 amide bonds. The van der Waals surface area contributed by atoms with Crippen molar-refractivity contribution < 1.29 is 4.42 Å². The molecule has 1 saturated heterocycles. The zero-order valence-corrected chi connectivity index (χ0v) is 11.8. The van der Waals surface area contributed by atoms with E-state index in [1.54, 1.807) is 0 Å². The van der Waals surface area contributed by atoms with Gasteiger partial charge in [0.1, 0.15) is 5.52 Å². The van der Waals surface area contributed by atoms with E-state index in [4.69, 9.17) is 4.42 Å². The second-order valence-electron chi connectivity index (χ2n) is 5.97. The van der Waals surface area contributed by atoms with Gasteiger partial charge >= 0.3 is 0 Å². The van der Waals surface area contributed by atoms with Crippen molar-refractivity contribution in [2.24, 2.45) is 0 Å². The van der Waals surface area contributed by atoms with Gasteiger partial charge < -0.3 is 14.6 Å². The number of fused-ring (bicyclic) bond motifs is 1. The Kier molecular flexibility index (Phi) is 3.20. The highest BCUT2D eigenvalue weighted by Crippen LogP contribution is 2.40. The van der Waals surface area contributed by atoms with E-state index < -0.39 is 0 Å². The molecule has 2 fully saturated rings. The number of nitrogens with zero attached hydrogens (tertiary/aromatic N) is 2. The van der Waals surface area contributed by atoms with Gasteiger partial charge in [0.25, 0.3) is 0 Å². The highest BCUT2D eigenvalue weighted by molar-refractivity contribution is 5.73. The van der Waals surface area contributed by atoms with Crippen molar-refractivity contribution in [3.63, 3.8) is 0 Å². The summed E-state index contributed by atoms with van der Waals surface area (Å²) in [6, 6.07) is 6.47. The average Bonchev–Trinajstić information content (AvgIpc) is 3.26. The fourth-order valence-corrected chi connectivity index (χ4v) is 2.87. The summed E-state index contributed by atoms with van der Waals surface area (Å²) in [4.78, 5) is 7.17. The van der Waals surface area contributed by atoms with Crippen LogP contribution in [-0.2, 0) is 6.42 Å². The highest BCUT2D eigenvalue weighted by atomic mass is 16.3. The fourth-order valence-electron chi connectivity index (χ4n) is 2.87. The number of hydrogen-bond donors (Lipinski definition) is 1. The molecule has 20 heavy (non-hydrogen) atoms. The van der Waals surface area contributed by atoms with E-state index in [0.29, 0.717) is 5.92 Å². The van der Waals surface area contributed by atoms with Gasteiger partial charge in [-0.1, -0.05) is 6.07 Å². The number of oxazole rings is 1. The van der Waals surface area contributed by atoms with E-state index >= 15 is 0 Å². The quantitative estimate of drug-likeness (QED) is 0.925. The smallest absolute Gasteiger partial charge is 0.198 e. The van der Waals surface area contributed by atoms with E-state index in [1.807, 2.05) is 0 Å². The van der Waals surface area contributed by atoms with Crippen molar-refractivity contribution >= 4 is 11.1 Å². The second kappa shape index (κ2) is 5.19. The van der Waals surface area contributed by atoms with E-state index in [-0.39, 0.29) is 0 Å². The van der Waals surface area contributed by atoms with Crippen LogP contribution < -0.4 is 5.32 Å². The van der Waals surface area contributed by atoms with Gasteiger partial charge in [0.2, 0.25) is 0 Å². The Labute approximate surface area is 119 Å². The SMILES string of the molecule is c1cc2oc(C3CC3)nc2cc1CCN1CCNCC1. The van der Waals surface area contributed by atoms with Crippen molar-refractivity contribution in [1.82, 2.24) is 15.2 Å². The molecule has 2 aromatic rings. The highest BCUT2D eigenvalue weighted by Gasteiger charge is 2.28. The van der Waals surface area contributed by atoms with Gasteiger partial charge in [-0.15, -0.1) is 0 Å². The normalized spacial score (nSPS) is 20.6. The van der Waals surface area contributed by atoms with Crippen LogP contribution in [0.1, 0.15) is 30.2 Å². The Morgan fingerprint density at radius 2 is 2.10 bits per heavy atom. The molecule has 1 aromatic carbocycles. The minimum Gasteiger partial charge on any atom is -0.440 e. The number of aromatic nitrogens is 1. The molecule has 0 bridgehead atoms. The van der Waals surface area contributed by atoms with Crippen molar-refractivity contribution in [3.05, 3.63) is 29.7 Å². The van der Waals surface area contributed by atoms with Gasteiger partial charge in [-0.2, -0.15) is 0 Å². The lowest BCUT2D eigenvalue weighted by Crippen LogP contribution is -2.44. The summed E-state index contributed by atoms with van der Waals surface area (Å²) in [7, 11) is 0. The van der Waals surface area contributed by atoms with E-state index in [2.05, 4.69) is 33.4 Å². The fraction of sp³-hybridized carbons (Fsp3) is 0.562. The summed E-state index contributed by atoms with van der Waals surface area (Å²) in [5.74, 6) is 1.53. The van der Waals surface area contributed by atoms with Crippen LogP contribution in [0.25, 0.3) is 11.1 Å². The topological polar surface area (TPSA) is 41.3 Å². The van der Waals surface area contributed by atoms with Gasteiger partial charge in [0, 0.05) is 38.6 Å². The summed E-state index contributed by atoms with van der Waals surface area (Å²) in [5.41, 5.74) is 3.34. The number of rotatable bonds is 4. The lowest BCUT2D eigenvalue weighted by atomic mass is 10.1. The van der Waals surface area contributed by atoms with Crippen molar-refractivity contribution in [1.29, 1.82) is 0 Å². The molecule has 2 aliphatic rings. The van der Waals surface area contributed by atoms with Gasteiger partial charge in [0.05, 0.1) is 0 Å². The summed E-state index contributed by atoms with van der Waals surface area (Å²) >= 11 is 0.